The van der Waals surface area contributed by atoms with Crippen molar-refractivity contribution in [3.63, 3.8) is 0 Å². The molecule has 98 valence electrons. The van der Waals surface area contributed by atoms with Gasteiger partial charge in [-0.05, 0) is 12.5 Å². The second-order valence-electron chi connectivity index (χ2n) is 4.06. The van der Waals surface area contributed by atoms with Gasteiger partial charge < -0.3 is 10.6 Å². The lowest BCUT2D eigenvalue weighted by Gasteiger charge is -2.21. The van der Waals surface area contributed by atoms with Crippen molar-refractivity contribution in [3.8, 4) is 0 Å². The first kappa shape index (κ1) is 14.3. The summed E-state index contributed by atoms with van der Waals surface area (Å²) in [6.07, 6.45) is 1.91. The summed E-state index contributed by atoms with van der Waals surface area (Å²) in [4.78, 5) is 13.1. The van der Waals surface area contributed by atoms with Gasteiger partial charge in [-0.15, -0.1) is 6.58 Å². The Balaban J connectivity index is 2.72. The highest BCUT2D eigenvalue weighted by Crippen LogP contribution is 2.12. The molecule has 1 rings (SSSR count). The normalized spacial score (nSPS) is 12.0. The number of nitrogens with zero attached hydrogens (tertiary/aromatic N) is 1. The summed E-state index contributed by atoms with van der Waals surface area (Å²) >= 11 is 0. The number of nitrogens with two attached hydrogens (primary N) is 1. The summed E-state index contributed by atoms with van der Waals surface area (Å²) in [6, 6.07) is 2.57. The zero-order valence-electron chi connectivity index (χ0n) is 10.2. The highest BCUT2D eigenvalue weighted by molar-refractivity contribution is 5.81. The molecule has 0 aliphatic carbocycles. The molecule has 0 saturated heterocycles. The van der Waals surface area contributed by atoms with Crippen molar-refractivity contribution in [1.29, 1.82) is 0 Å². The van der Waals surface area contributed by atoms with Crippen LogP contribution in [0.25, 0.3) is 0 Å². The Labute approximate surface area is 105 Å². The maximum absolute atomic E-state index is 13.4. The van der Waals surface area contributed by atoms with E-state index in [4.69, 9.17) is 5.73 Å². The van der Waals surface area contributed by atoms with Gasteiger partial charge in [0.15, 0.2) is 0 Å². The Morgan fingerprint density at radius 2 is 2.22 bits per heavy atom. The topological polar surface area (TPSA) is 46.3 Å². The first-order valence-electron chi connectivity index (χ1n) is 5.51. The summed E-state index contributed by atoms with van der Waals surface area (Å²) < 4.78 is 26.1. The van der Waals surface area contributed by atoms with Crippen LogP contribution in [0.4, 0.5) is 8.78 Å². The lowest BCUT2D eigenvalue weighted by atomic mass is 10.1. The van der Waals surface area contributed by atoms with E-state index in [2.05, 4.69) is 6.58 Å². The van der Waals surface area contributed by atoms with Gasteiger partial charge >= 0.3 is 0 Å². The smallest absolute Gasteiger partial charge is 0.239 e. The Kier molecular flexibility index (Phi) is 4.97. The minimum absolute atomic E-state index is 0.0514. The molecule has 1 unspecified atom stereocenters. The molecule has 1 aromatic carbocycles. The van der Waals surface area contributed by atoms with Crippen LogP contribution in [-0.4, -0.2) is 23.9 Å². The molecule has 0 saturated carbocycles. The maximum atomic E-state index is 13.4. The van der Waals surface area contributed by atoms with Crippen LogP contribution in [0.3, 0.4) is 0 Å². The number of hydrogen-bond donors (Lipinski definition) is 1. The van der Waals surface area contributed by atoms with Crippen molar-refractivity contribution in [2.24, 2.45) is 5.73 Å². The molecule has 0 aliphatic rings. The number of carbonyl (C=O) groups is 1. The third kappa shape index (κ3) is 3.63. The first-order chi connectivity index (χ1) is 8.45. The molecular formula is C13H16F2N2O. The van der Waals surface area contributed by atoms with Gasteiger partial charge in [-0.25, -0.2) is 8.78 Å². The SMILES string of the molecule is C=CCC(N)C(=O)N(C)Cc1ccc(F)cc1F. The highest BCUT2D eigenvalue weighted by atomic mass is 19.1. The van der Waals surface area contributed by atoms with Crippen LogP contribution in [0.15, 0.2) is 30.9 Å². The molecule has 1 atom stereocenters. The van der Waals surface area contributed by atoms with Crippen LogP contribution in [0.1, 0.15) is 12.0 Å². The van der Waals surface area contributed by atoms with E-state index < -0.39 is 17.7 Å². The van der Waals surface area contributed by atoms with Gasteiger partial charge in [0, 0.05) is 25.2 Å². The Morgan fingerprint density at radius 1 is 1.56 bits per heavy atom. The van der Waals surface area contributed by atoms with E-state index in [1.165, 1.54) is 18.0 Å². The van der Waals surface area contributed by atoms with Gasteiger partial charge in [-0.2, -0.15) is 0 Å². The Morgan fingerprint density at radius 3 is 2.78 bits per heavy atom. The largest absolute Gasteiger partial charge is 0.340 e. The third-order valence-corrected chi connectivity index (χ3v) is 2.54. The van der Waals surface area contributed by atoms with E-state index in [-0.39, 0.29) is 18.0 Å². The van der Waals surface area contributed by atoms with Crippen molar-refractivity contribution in [3.05, 3.63) is 48.1 Å². The van der Waals surface area contributed by atoms with Gasteiger partial charge in [0.2, 0.25) is 5.91 Å². The predicted molar refractivity (Wildman–Crippen MR) is 65.6 cm³/mol. The van der Waals surface area contributed by atoms with Gasteiger partial charge in [-0.1, -0.05) is 12.1 Å². The van der Waals surface area contributed by atoms with Crippen molar-refractivity contribution in [2.45, 2.75) is 19.0 Å². The molecule has 2 N–H and O–H groups in total. The summed E-state index contributed by atoms with van der Waals surface area (Å²) in [6.45, 7) is 3.55. The Bertz CT molecular complexity index is 449. The number of halogens is 2. The van der Waals surface area contributed by atoms with Crippen molar-refractivity contribution in [1.82, 2.24) is 4.90 Å². The number of hydrogen-bond acceptors (Lipinski definition) is 2. The van der Waals surface area contributed by atoms with Crippen molar-refractivity contribution >= 4 is 5.91 Å². The fraction of sp³-hybridized carbons (Fsp3) is 0.308. The predicted octanol–water partition coefficient (Wildman–Crippen LogP) is 1.83. The summed E-state index contributed by atoms with van der Waals surface area (Å²) in [5.41, 5.74) is 5.88. The standard InChI is InChI=1S/C13H16F2N2O/c1-3-4-12(16)13(18)17(2)8-9-5-6-10(14)7-11(9)15/h3,5-7,12H,1,4,8,16H2,2H3. The molecule has 1 amide bonds. The van der Waals surface area contributed by atoms with Crippen LogP contribution in [0, 0.1) is 11.6 Å². The van der Waals surface area contributed by atoms with Crippen molar-refractivity contribution in [2.75, 3.05) is 7.05 Å². The lowest BCUT2D eigenvalue weighted by molar-refractivity contribution is -0.131. The van der Waals surface area contributed by atoms with Crippen molar-refractivity contribution < 1.29 is 13.6 Å². The zero-order valence-corrected chi connectivity index (χ0v) is 10.2. The van der Waals surface area contributed by atoms with Crippen LogP contribution in [0.2, 0.25) is 0 Å². The molecule has 0 bridgehead atoms. The summed E-state index contributed by atoms with van der Waals surface area (Å²) in [5, 5.41) is 0. The molecule has 18 heavy (non-hydrogen) atoms. The highest BCUT2D eigenvalue weighted by Gasteiger charge is 2.17. The summed E-state index contributed by atoms with van der Waals surface area (Å²) in [7, 11) is 1.52. The van der Waals surface area contributed by atoms with Gasteiger partial charge in [0.25, 0.3) is 0 Å². The molecule has 0 heterocycles. The van der Waals surface area contributed by atoms with Crippen LogP contribution in [0.5, 0.6) is 0 Å². The molecule has 5 heteroatoms. The monoisotopic (exact) mass is 254 g/mol. The number of likely N-dealkylation sites (N-methyl/N-ethyl adjacent to an activating group) is 1. The van der Waals surface area contributed by atoms with E-state index in [9.17, 15) is 13.6 Å². The quantitative estimate of drug-likeness (QED) is 0.815. The number of benzene rings is 1. The second kappa shape index (κ2) is 6.26. The molecular weight excluding hydrogens is 238 g/mol. The van der Waals surface area contributed by atoms with E-state index >= 15 is 0 Å². The van der Waals surface area contributed by atoms with E-state index in [1.807, 2.05) is 0 Å². The maximum Gasteiger partial charge on any atom is 0.239 e. The number of carbonyl (C=O) groups excluding carboxylic acids is 1. The van der Waals surface area contributed by atoms with Gasteiger partial charge in [0.05, 0.1) is 6.04 Å². The van der Waals surface area contributed by atoms with E-state index in [1.54, 1.807) is 6.08 Å². The van der Waals surface area contributed by atoms with Gasteiger partial charge in [-0.3, -0.25) is 4.79 Å². The number of rotatable bonds is 5. The van der Waals surface area contributed by atoms with Gasteiger partial charge in [0.1, 0.15) is 11.6 Å². The fourth-order valence-electron chi connectivity index (χ4n) is 1.55. The van der Waals surface area contributed by atoms with Crippen LogP contribution >= 0.6 is 0 Å². The lowest BCUT2D eigenvalue weighted by Crippen LogP contribution is -2.41. The van der Waals surface area contributed by atoms with E-state index in [0.29, 0.717) is 6.42 Å². The second-order valence-corrected chi connectivity index (χ2v) is 4.06. The first-order valence-corrected chi connectivity index (χ1v) is 5.51. The molecule has 0 spiro atoms. The zero-order chi connectivity index (χ0) is 13.7. The molecule has 0 radical (unpaired) electrons. The average Bonchev–Trinajstić information content (AvgIpc) is 2.32. The molecule has 1 aromatic rings. The average molecular weight is 254 g/mol. The molecule has 0 aromatic heterocycles. The van der Waals surface area contributed by atoms with Crippen LogP contribution < -0.4 is 5.73 Å². The Hall–Kier alpha value is -1.75. The van der Waals surface area contributed by atoms with Crippen LogP contribution in [-0.2, 0) is 11.3 Å². The minimum atomic E-state index is -0.684. The molecule has 0 aliphatic heterocycles. The van der Waals surface area contributed by atoms with E-state index in [0.717, 1.165) is 12.1 Å². The number of amides is 1. The third-order valence-electron chi connectivity index (χ3n) is 2.54. The molecule has 3 nitrogen and oxygen atoms in total. The molecule has 0 fully saturated rings. The minimum Gasteiger partial charge on any atom is -0.340 e. The summed E-state index contributed by atoms with van der Waals surface area (Å²) in [5.74, 6) is -1.63. The fourth-order valence-corrected chi connectivity index (χ4v) is 1.55.